The van der Waals surface area contributed by atoms with Crippen LogP contribution < -0.4 is 10.6 Å². The van der Waals surface area contributed by atoms with Crippen molar-refractivity contribution in [2.24, 2.45) is 0 Å². The molecule has 1 atom stereocenters. The molecule has 6 nitrogen and oxygen atoms in total. The molecular formula is C14H18N2O4. The minimum absolute atomic E-state index is 0.260. The largest absolute Gasteiger partial charge is 0.480 e. The number of amides is 2. The molecule has 0 aliphatic rings. The van der Waals surface area contributed by atoms with E-state index in [0.717, 1.165) is 11.1 Å². The summed E-state index contributed by atoms with van der Waals surface area (Å²) in [6.07, 6.45) is 0. The van der Waals surface area contributed by atoms with Gasteiger partial charge in [0.1, 0.15) is 6.04 Å². The average molecular weight is 278 g/mol. The van der Waals surface area contributed by atoms with Crippen LogP contribution in [0, 0.1) is 13.8 Å². The van der Waals surface area contributed by atoms with Gasteiger partial charge in [-0.25, -0.2) is 0 Å². The fourth-order valence-corrected chi connectivity index (χ4v) is 1.72. The molecule has 0 bridgehead atoms. The van der Waals surface area contributed by atoms with Gasteiger partial charge in [0.15, 0.2) is 0 Å². The van der Waals surface area contributed by atoms with Gasteiger partial charge in [-0.3, -0.25) is 14.4 Å². The molecule has 1 rings (SSSR count). The topological polar surface area (TPSA) is 95.5 Å². The third-order valence-electron chi connectivity index (χ3n) is 2.64. The Balaban J connectivity index is 2.55. The Morgan fingerprint density at radius 2 is 1.70 bits per heavy atom. The normalized spacial score (nSPS) is 11.6. The van der Waals surface area contributed by atoms with Crippen LogP contribution in [0.2, 0.25) is 0 Å². The van der Waals surface area contributed by atoms with Gasteiger partial charge in [0.2, 0.25) is 5.91 Å². The van der Waals surface area contributed by atoms with Crippen LogP contribution in [-0.2, 0) is 9.59 Å². The van der Waals surface area contributed by atoms with E-state index in [1.807, 2.05) is 19.9 Å². The Morgan fingerprint density at radius 3 is 2.20 bits per heavy atom. The summed E-state index contributed by atoms with van der Waals surface area (Å²) in [5, 5.41) is 13.4. The van der Waals surface area contributed by atoms with Crippen molar-refractivity contribution in [3.05, 3.63) is 34.9 Å². The standard InChI is InChI=1S/C14H18N2O4/c1-8-4-9(2)6-11(5-8)13(18)15-7-12(17)16-10(3)14(19)20/h4-6,10H,7H2,1-3H3,(H,15,18)(H,16,17)(H,19,20). The molecule has 1 aromatic rings. The van der Waals surface area contributed by atoms with E-state index in [-0.39, 0.29) is 12.5 Å². The molecule has 0 saturated carbocycles. The fraction of sp³-hybridized carbons (Fsp3) is 0.357. The van der Waals surface area contributed by atoms with E-state index in [9.17, 15) is 14.4 Å². The van der Waals surface area contributed by atoms with Crippen molar-refractivity contribution in [3.8, 4) is 0 Å². The number of hydrogen-bond acceptors (Lipinski definition) is 3. The molecule has 108 valence electrons. The maximum Gasteiger partial charge on any atom is 0.325 e. The van der Waals surface area contributed by atoms with Gasteiger partial charge in [0, 0.05) is 5.56 Å². The zero-order valence-corrected chi connectivity index (χ0v) is 11.7. The average Bonchev–Trinajstić information content (AvgIpc) is 2.34. The molecule has 2 amide bonds. The number of hydrogen-bond donors (Lipinski definition) is 3. The number of aryl methyl sites for hydroxylation is 2. The highest BCUT2D eigenvalue weighted by molar-refractivity contribution is 5.97. The second-order valence-electron chi connectivity index (χ2n) is 4.69. The van der Waals surface area contributed by atoms with Crippen molar-refractivity contribution in [1.82, 2.24) is 10.6 Å². The molecule has 0 radical (unpaired) electrons. The maximum atomic E-state index is 11.9. The molecule has 0 saturated heterocycles. The number of aliphatic carboxylic acids is 1. The van der Waals surface area contributed by atoms with Gasteiger partial charge in [-0.2, -0.15) is 0 Å². The zero-order chi connectivity index (χ0) is 15.3. The minimum atomic E-state index is -1.13. The second kappa shape index (κ2) is 6.70. The van der Waals surface area contributed by atoms with Crippen molar-refractivity contribution in [2.45, 2.75) is 26.8 Å². The van der Waals surface area contributed by atoms with Gasteiger partial charge in [0.05, 0.1) is 6.54 Å². The number of carbonyl (C=O) groups excluding carboxylic acids is 2. The summed E-state index contributed by atoms with van der Waals surface area (Å²) in [5.41, 5.74) is 2.39. The first-order valence-electron chi connectivity index (χ1n) is 6.18. The zero-order valence-electron chi connectivity index (χ0n) is 11.7. The van der Waals surface area contributed by atoms with Crippen LogP contribution >= 0.6 is 0 Å². The van der Waals surface area contributed by atoms with Gasteiger partial charge >= 0.3 is 5.97 Å². The van der Waals surface area contributed by atoms with Crippen LogP contribution in [0.15, 0.2) is 18.2 Å². The smallest absolute Gasteiger partial charge is 0.325 e. The van der Waals surface area contributed by atoms with Crippen LogP contribution in [-0.4, -0.2) is 35.5 Å². The Kier molecular flexibility index (Phi) is 5.25. The molecule has 0 aromatic heterocycles. The number of nitrogens with one attached hydrogen (secondary N) is 2. The minimum Gasteiger partial charge on any atom is -0.480 e. The van der Waals surface area contributed by atoms with Crippen molar-refractivity contribution >= 4 is 17.8 Å². The van der Waals surface area contributed by atoms with Gasteiger partial charge in [-0.15, -0.1) is 0 Å². The lowest BCUT2D eigenvalue weighted by Gasteiger charge is -2.10. The summed E-state index contributed by atoms with van der Waals surface area (Å²) >= 11 is 0. The highest BCUT2D eigenvalue weighted by Gasteiger charge is 2.14. The Hall–Kier alpha value is -2.37. The number of carboxylic acid groups (broad SMARTS) is 1. The van der Waals surface area contributed by atoms with Gasteiger partial charge < -0.3 is 15.7 Å². The van der Waals surface area contributed by atoms with Crippen molar-refractivity contribution in [2.75, 3.05) is 6.54 Å². The van der Waals surface area contributed by atoms with E-state index in [2.05, 4.69) is 10.6 Å². The quantitative estimate of drug-likeness (QED) is 0.736. The Labute approximate surface area is 117 Å². The summed E-state index contributed by atoms with van der Waals surface area (Å²) < 4.78 is 0. The Bertz CT molecular complexity index is 520. The third kappa shape index (κ3) is 4.72. The van der Waals surface area contributed by atoms with Crippen molar-refractivity contribution in [3.63, 3.8) is 0 Å². The Morgan fingerprint density at radius 1 is 1.15 bits per heavy atom. The lowest BCUT2D eigenvalue weighted by atomic mass is 10.1. The van der Waals surface area contributed by atoms with Crippen LogP contribution in [0.1, 0.15) is 28.4 Å². The molecule has 0 spiro atoms. The summed E-state index contributed by atoms with van der Waals surface area (Å²) in [5.74, 6) is -2.04. The van der Waals surface area contributed by atoms with E-state index in [0.29, 0.717) is 5.56 Å². The van der Waals surface area contributed by atoms with E-state index >= 15 is 0 Å². The van der Waals surface area contributed by atoms with Crippen molar-refractivity contribution in [1.29, 1.82) is 0 Å². The first-order chi connectivity index (χ1) is 9.29. The second-order valence-corrected chi connectivity index (χ2v) is 4.69. The van der Waals surface area contributed by atoms with E-state index in [1.165, 1.54) is 6.92 Å². The van der Waals surface area contributed by atoms with Gasteiger partial charge in [-0.05, 0) is 32.9 Å². The first kappa shape index (κ1) is 15.7. The van der Waals surface area contributed by atoms with Gasteiger partial charge in [-0.1, -0.05) is 17.2 Å². The molecule has 0 aliphatic carbocycles. The highest BCUT2D eigenvalue weighted by Crippen LogP contribution is 2.08. The van der Waals surface area contributed by atoms with E-state index < -0.39 is 17.9 Å². The molecular weight excluding hydrogens is 260 g/mol. The molecule has 0 aliphatic heterocycles. The van der Waals surface area contributed by atoms with Crippen molar-refractivity contribution < 1.29 is 19.5 Å². The lowest BCUT2D eigenvalue weighted by Crippen LogP contribution is -2.44. The van der Waals surface area contributed by atoms with Crippen LogP contribution in [0.3, 0.4) is 0 Å². The van der Waals surface area contributed by atoms with Gasteiger partial charge in [0.25, 0.3) is 5.91 Å². The molecule has 0 heterocycles. The molecule has 6 heteroatoms. The molecule has 3 N–H and O–H groups in total. The predicted molar refractivity (Wildman–Crippen MR) is 73.5 cm³/mol. The summed E-state index contributed by atoms with van der Waals surface area (Å²) in [6, 6.07) is 4.40. The van der Waals surface area contributed by atoms with Crippen LogP contribution in [0.25, 0.3) is 0 Å². The van der Waals surface area contributed by atoms with Crippen LogP contribution in [0.4, 0.5) is 0 Å². The monoisotopic (exact) mass is 278 g/mol. The number of carboxylic acids is 1. The predicted octanol–water partition coefficient (Wildman–Crippen LogP) is 0.623. The highest BCUT2D eigenvalue weighted by atomic mass is 16.4. The molecule has 1 aromatic carbocycles. The lowest BCUT2D eigenvalue weighted by molar-refractivity contribution is -0.141. The SMILES string of the molecule is Cc1cc(C)cc(C(=O)NCC(=O)NC(C)C(=O)O)c1. The summed E-state index contributed by atoms with van der Waals surface area (Å²) in [4.78, 5) is 33.9. The van der Waals surface area contributed by atoms with Crippen LogP contribution in [0.5, 0.6) is 0 Å². The molecule has 0 fully saturated rings. The first-order valence-corrected chi connectivity index (χ1v) is 6.18. The van der Waals surface area contributed by atoms with E-state index in [4.69, 9.17) is 5.11 Å². The molecule has 1 unspecified atom stereocenters. The maximum absolute atomic E-state index is 11.9. The fourth-order valence-electron chi connectivity index (χ4n) is 1.72. The molecule has 20 heavy (non-hydrogen) atoms. The number of benzene rings is 1. The third-order valence-corrected chi connectivity index (χ3v) is 2.64. The summed E-state index contributed by atoms with van der Waals surface area (Å²) in [7, 11) is 0. The number of carbonyl (C=O) groups is 3. The van der Waals surface area contributed by atoms with E-state index in [1.54, 1.807) is 12.1 Å². The summed E-state index contributed by atoms with van der Waals surface area (Å²) in [6.45, 7) is 4.85. The number of rotatable bonds is 5.